The van der Waals surface area contributed by atoms with Gasteiger partial charge < -0.3 is 4.90 Å². The number of likely N-dealkylation sites (tertiary alicyclic amines) is 1. The van der Waals surface area contributed by atoms with E-state index in [2.05, 4.69) is 15.9 Å². The van der Waals surface area contributed by atoms with E-state index >= 15 is 0 Å². The van der Waals surface area contributed by atoms with Crippen LogP contribution in [0.2, 0.25) is 5.02 Å². The van der Waals surface area contributed by atoms with Gasteiger partial charge in [0, 0.05) is 22.6 Å². The molecule has 0 spiro atoms. The van der Waals surface area contributed by atoms with E-state index in [-0.39, 0.29) is 5.91 Å². The lowest BCUT2D eigenvalue weighted by Crippen LogP contribution is -2.45. The molecule has 3 rings (SSSR count). The zero-order valence-electron chi connectivity index (χ0n) is 10.7. The van der Waals surface area contributed by atoms with Gasteiger partial charge in [-0.3, -0.25) is 4.79 Å². The zero-order valence-corrected chi connectivity index (χ0v) is 13.1. The van der Waals surface area contributed by atoms with Crippen molar-refractivity contribution >= 4 is 33.4 Å². The fourth-order valence-electron chi connectivity index (χ4n) is 3.43. The van der Waals surface area contributed by atoms with Crippen LogP contribution in [0.25, 0.3) is 0 Å². The van der Waals surface area contributed by atoms with Crippen LogP contribution in [-0.4, -0.2) is 23.9 Å². The second-order valence-corrected chi connectivity index (χ2v) is 7.02. The van der Waals surface area contributed by atoms with E-state index in [0.717, 1.165) is 17.6 Å². The summed E-state index contributed by atoms with van der Waals surface area (Å²) in [5.74, 6) is 1.52. The Balaban J connectivity index is 1.82. The predicted molar refractivity (Wildman–Crippen MR) is 80.5 cm³/mol. The van der Waals surface area contributed by atoms with Gasteiger partial charge in [-0.25, -0.2) is 0 Å². The number of carbonyl (C=O) groups excluding carboxylic acids is 1. The van der Waals surface area contributed by atoms with Gasteiger partial charge in [0.25, 0.3) is 5.91 Å². The van der Waals surface area contributed by atoms with Crippen molar-refractivity contribution in [2.24, 2.45) is 11.8 Å². The number of rotatable bonds is 1. The Labute approximate surface area is 127 Å². The van der Waals surface area contributed by atoms with Gasteiger partial charge in [-0.1, -0.05) is 18.0 Å². The monoisotopic (exact) mass is 341 g/mol. The normalized spacial score (nSPS) is 26.3. The molecule has 1 aliphatic carbocycles. The Morgan fingerprint density at radius 3 is 2.63 bits per heavy atom. The van der Waals surface area contributed by atoms with Crippen LogP contribution in [0.1, 0.15) is 36.0 Å². The number of carbonyl (C=O) groups is 1. The van der Waals surface area contributed by atoms with Gasteiger partial charge in [0.1, 0.15) is 0 Å². The molecule has 0 aromatic heterocycles. The molecule has 4 heteroatoms. The van der Waals surface area contributed by atoms with Crippen molar-refractivity contribution in [3.8, 4) is 0 Å². The van der Waals surface area contributed by atoms with Crippen LogP contribution in [0.3, 0.4) is 0 Å². The van der Waals surface area contributed by atoms with Gasteiger partial charge in [0.15, 0.2) is 0 Å². The molecular formula is C15H17BrClNO. The van der Waals surface area contributed by atoms with Gasteiger partial charge in [-0.15, -0.1) is 0 Å². The average molecular weight is 343 g/mol. The highest BCUT2D eigenvalue weighted by Gasteiger charge is 2.33. The Hall–Kier alpha value is -0.540. The summed E-state index contributed by atoms with van der Waals surface area (Å²) in [5, 5.41) is 0.615. The van der Waals surface area contributed by atoms with Crippen LogP contribution in [-0.2, 0) is 0 Å². The van der Waals surface area contributed by atoms with Crippen LogP contribution in [0, 0.1) is 11.8 Å². The summed E-state index contributed by atoms with van der Waals surface area (Å²) < 4.78 is 0.831. The van der Waals surface area contributed by atoms with E-state index in [1.165, 1.54) is 25.7 Å². The Morgan fingerprint density at radius 2 is 1.95 bits per heavy atom. The quantitative estimate of drug-likeness (QED) is 0.742. The molecule has 1 amide bonds. The lowest BCUT2D eigenvalue weighted by atomic mass is 9.78. The molecule has 1 aromatic rings. The summed E-state index contributed by atoms with van der Waals surface area (Å²) in [4.78, 5) is 14.7. The minimum absolute atomic E-state index is 0.117. The van der Waals surface area contributed by atoms with Gasteiger partial charge in [0.2, 0.25) is 0 Å². The standard InChI is InChI=1S/C15H17BrClNO/c16-14-5-4-12(17)7-13(14)15(19)18-8-10-2-1-3-11(6-10)9-18/h4-5,7,10-11H,1-3,6,8-9H2. The highest BCUT2D eigenvalue weighted by molar-refractivity contribution is 9.10. The molecule has 2 bridgehead atoms. The third-order valence-corrected chi connectivity index (χ3v) is 5.22. The van der Waals surface area contributed by atoms with E-state index < -0.39 is 0 Å². The summed E-state index contributed by atoms with van der Waals surface area (Å²) in [6.07, 6.45) is 5.19. The Bertz CT molecular complexity index is 493. The van der Waals surface area contributed by atoms with Crippen LogP contribution in [0.15, 0.2) is 22.7 Å². The Morgan fingerprint density at radius 1 is 1.26 bits per heavy atom. The SMILES string of the molecule is O=C(c1cc(Cl)ccc1Br)N1CC2CCCC(C2)C1. The van der Waals surface area contributed by atoms with Gasteiger partial charge in [0.05, 0.1) is 5.56 Å². The van der Waals surface area contributed by atoms with E-state index in [1.807, 2.05) is 11.0 Å². The highest BCUT2D eigenvalue weighted by atomic mass is 79.9. The van der Waals surface area contributed by atoms with Crippen LogP contribution in [0.5, 0.6) is 0 Å². The maximum Gasteiger partial charge on any atom is 0.255 e. The number of hydrogen-bond donors (Lipinski definition) is 0. The summed E-state index contributed by atoms with van der Waals surface area (Å²) in [7, 11) is 0. The first-order valence-electron chi connectivity index (χ1n) is 6.88. The molecule has 2 fully saturated rings. The van der Waals surface area contributed by atoms with Crippen LogP contribution in [0.4, 0.5) is 0 Å². The molecule has 1 heterocycles. The number of halogens is 2. The maximum absolute atomic E-state index is 12.6. The molecule has 0 radical (unpaired) electrons. The van der Waals surface area contributed by atoms with E-state index in [4.69, 9.17) is 11.6 Å². The summed E-state index contributed by atoms with van der Waals surface area (Å²) in [6.45, 7) is 1.82. The smallest absolute Gasteiger partial charge is 0.255 e. The number of amides is 1. The van der Waals surface area contributed by atoms with Crippen molar-refractivity contribution in [3.63, 3.8) is 0 Å². The summed E-state index contributed by atoms with van der Waals surface area (Å²) >= 11 is 9.46. The van der Waals surface area contributed by atoms with E-state index in [9.17, 15) is 4.79 Å². The number of fused-ring (bicyclic) bond motifs is 2. The molecule has 1 saturated heterocycles. The van der Waals surface area contributed by atoms with Crippen molar-refractivity contribution in [1.82, 2.24) is 4.90 Å². The molecule has 2 unspecified atom stereocenters. The van der Waals surface area contributed by atoms with Gasteiger partial charge in [-0.2, -0.15) is 0 Å². The fourth-order valence-corrected chi connectivity index (χ4v) is 4.02. The summed E-state index contributed by atoms with van der Waals surface area (Å²) in [6, 6.07) is 5.41. The van der Waals surface area contributed by atoms with Crippen molar-refractivity contribution in [2.45, 2.75) is 25.7 Å². The van der Waals surface area contributed by atoms with Crippen molar-refractivity contribution < 1.29 is 4.79 Å². The Kier molecular flexibility index (Phi) is 3.86. The highest BCUT2D eigenvalue weighted by Crippen LogP contribution is 2.35. The number of hydrogen-bond acceptors (Lipinski definition) is 1. The third-order valence-electron chi connectivity index (χ3n) is 4.29. The zero-order chi connectivity index (χ0) is 13.4. The lowest BCUT2D eigenvalue weighted by molar-refractivity contribution is 0.0503. The third kappa shape index (κ3) is 2.82. The maximum atomic E-state index is 12.6. The molecule has 1 aliphatic heterocycles. The number of nitrogens with zero attached hydrogens (tertiary/aromatic N) is 1. The first-order chi connectivity index (χ1) is 9.13. The first-order valence-corrected chi connectivity index (χ1v) is 8.05. The van der Waals surface area contributed by atoms with Crippen molar-refractivity contribution in [3.05, 3.63) is 33.3 Å². The lowest BCUT2D eigenvalue weighted by Gasteiger charge is -2.41. The molecule has 0 N–H and O–H groups in total. The molecule has 102 valence electrons. The molecule has 1 aromatic carbocycles. The molecule has 19 heavy (non-hydrogen) atoms. The minimum atomic E-state index is 0.117. The van der Waals surface area contributed by atoms with Crippen molar-refractivity contribution in [1.29, 1.82) is 0 Å². The molecular weight excluding hydrogens is 326 g/mol. The molecule has 2 nitrogen and oxygen atoms in total. The largest absolute Gasteiger partial charge is 0.338 e. The second-order valence-electron chi connectivity index (χ2n) is 5.73. The van der Waals surface area contributed by atoms with E-state index in [1.54, 1.807) is 12.1 Å². The van der Waals surface area contributed by atoms with Crippen LogP contribution >= 0.6 is 27.5 Å². The second kappa shape index (κ2) is 5.45. The van der Waals surface area contributed by atoms with E-state index in [0.29, 0.717) is 22.4 Å². The first kappa shape index (κ1) is 13.4. The molecule has 2 aliphatic rings. The van der Waals surface area contributed by atoms with Crippen molar-refractivity contribution in [2.75, 3.05) is 13.1 Å². The fraction of sp³-hybridized carbons (Fsp3) is 0.533. The molecule has 1 saturated carbocycles. The van der Waals surface area contributed by atoms with Gasteiger partial charge in [-0.05, 0) is 65.2 Å². The topological polar surface area (TPSA) is 20.3 Å². The number of piperidine rings is 1. The number of benzene rings is 1. The average Bonchev–Trinajstić information content (AvgIpc) is 2.40. The summed E-state index contributed by atoms with van der Waals surface area (Å²) in [5.41, 5.74) is 0.687. The minimum Gasteiger partial charge on any atom is -0.338 e. The van der Waals surface area contributed by atoms with Gasteiger partial charge >= 0.3 is 0 Å². The van der Waals surface area contributed by atoms with Crippen LogP contribution < -0.4 is 0 Å². The predicted octanol–water partition coefficient (Wildman–Crippen LogP) is 4.36. The molecule has 2 atom stereocenters.